The van der Waals surface area contributed by atoms with Crippen LogP contribution in [-0.4, -0.2) is 59.7 Å². The lowest BCUT2D eigenvalue weighted by Crippen LogP contribution is -2.50. The number of hydrogen-bond donors (Lipinski definition) is 1. The maximum Gasteiger partial charge on any atom is 0.253 e. The highest BCUT2D eigenvalue weighted by Gasteiger charge is 2.32. The van der Waals surface area contributed by atoms with E-state index in [4.69, 9.17) is 11.6 Å². The highest BCUT2D eigenvalue weighted by atomic mass is 35.5. The minimum absolute atomic E-state index is 0.00414. The number of benzene rings is 1. The topological polar surface area (TPSA) is 69.7 Å². The van der Waals surface area contributed by atoms with Gasteiger partial charge in [0.05, 0.1) is 0 Å². The Kier molecular flexibility index (Phi) is 7.71. The van der Waals surface area contributed by atoms with E-state index in [9.17, 15) is 14.4 Å². The average Bonchev–Trinajstić information content (AvgIpc) is 2.85. The van der Waals surface area contributed by atoms with Crippen molar-refractivity contribution in [2.75, 3.05) is 26.2 Å². The SMILES string of the molecule is O=C(NC1CCN(C(=O)C2CCCCC2)CC1)C1CCN(C(=O)c2ccc(Cl)cc2)CC1. The molecule has 2 aliphatic heterocycles. The van der Waals surface area contributed by atoms with Crippen LogP contribution >= 0.6 is 11.6 Å². The van der Waals surface area contributed by atoms with Gasteiger partial charge >= 0.3 is 0 Å². The Morgan fingerprint density at radius 1 is 0.750 bits per heavy atom. The van der Waals surface area contributed by atoms with Crippen LogP contribution in [0, 0.1) is 11.8 Å². The largest absolute Gasteiger partial charge is 0.353 e. The standard InChI is InChI=1S/C25H34ClN3O3/c26-21-8-6-20(7-9-21)25(32)28-14-10-18(11-15-28)23(30)27-22-12-16-29(17-13-22)24(31)19-4-2-1-3-5-19/h6-9,18-19,22H,1-5,10-17H2,(H,27,30). The van der Waals surface area contributed by atoms with E-state index >= 15 is 0 Å². The summed E-state index contributed by atoms with van der Waals surface area (Å²) in [6.07, 6.45) is 8.71. The fourth-order valence-electron chi connectivity index (χ4n) is 5.29. The van der Waals surface area contributed by atoms with Crippen LogP contribution in [0.3, 0.4) is 0 Å². The maximum atomic E-state index is 12.8. The molecule has 0 radical (unpaired) electrons. The first-order valence-electron chi connectivity index (χ1n) is 12.2. The van der Waals surface area contributed by atoms with Crippen molar-refractivity contribution in [3.8, 4) is 0 Å². The number of hydrogen-bond acceptors (Lipinski definition) is 3. The molecule has 0 aromatic heterocycles. The van der Waals surface area contributed by atoms with Crippen LogP contribution < -0.4 is 5.32 Å². The molecule has 32 heavy (non-hydrogen) atoms. The number of likely N-dealkylation sites (tertiary alicyclic amines) is 2. The molecule has 4 rings (SSSR count). The lowest BCUT2D eigenvalue weighted by Gasteiger charge is -2.36. The van der Waals surface area contributed by atoms with Crippen LogP contribution in [0.4, 0.5) is 0 Å². The Balaban J connectivity index is 1.19. The molecule has 0 bridgehead atoms. The van der Waals surface area contributed by atoms with Gasteiger partial charge in [-0.2, -0.15) is 0 Å². The highest BCUT2D eigenvalue weighted by Crippen LogP contribution is 2.27. The summed E-state index contributed by atoms with van der Waals surface area (Å²) in [6.45, 7) is 2.67. The van der Waals surface area contributed by atoms with E-state index in [1.165, 1.54) is 19.3 Å². The van der Waals surface area contributed by atoms with E-state index in [1.54, 1.807) is 24.3 Å². The van der Waals surface area contributed by atoms with Crippen LogP contribution in [0.25, 0.3) is 0 Å². The quantitative estimate of drug-likeness (QED) is 0.742. The molecule has 1 aromatic rings. The summed E-state index contributed by atoms with van der Waals surface area (Å²) in [6, 6.07) is 7.09. The first kappa shape index (κ1) is 23.1. The third-order valence-corrected chi connectivity index (χ3v) is 7.60. The van der Waals surface area contributed by atoms with Crippen molar-refractivity contribution < 1.29 is 14.4 Å². The minimum atomic E-state index is -0.0498. The molecule has 0 unspecified atom stereocenters. The number of rotatable bonds is 4. The van der Waals surface area contributed by atoms with Gasteiger partial charge in [0, 0.05) is 54.6 Å². The average molecular weight is 460 g/mol. The number of carbonyl (C=O) groups excluding carboxylic acids is 3. The van der Waals surface area contributed by atoms with Crippen molar-refractivity contribution in [2.24, 2.45) is 11.8 Å². The lowest BCUT2D eigenvalue weighted by atomic mass is 9.87. The van der Waals surface area contributed by atoms with Crippen molar-refractivity contribution in [1.29, 1.82) is 0 Å². The van der Waals surface area contributed by atoms with Gasteiger partial charge in [0.1, 0.15) is 0 Å². The third-order valence-electron chi connectivity index (χ3n) is 7.35. The molecule has 1 N–H and O–H groups in total. The van der Waals surface area contributed by atoms with Gasteiger partial charge in [0.15, 0.2) is 0 Å². The van der Waals surface area contributed by atoms with Crippen molar-refractivity contribution in [3.05, 3.63) is 34.9 Å². The second-order valence-corrected chi connectivity index (χ2v) is 9.95. The predicted molar refractivity (Wildman–Crippen MR) is 124 cm³/mol. The van der Waals surface area contributed by atoms with Gasteiger partial charge in [-0.05, 0) is 62.8 Å². The van der Waals surface area contributed by atoms with Gasteiger partial charge in [-0.25, -0.2) is 0 Å². The van der Waals surface area contributed by atoms with Crippen LogP contribution in [-0.2, 0) is 9.59 Å². The fraction of sp³-hybridized carbons (Fsp3) is 0.640. The van der Waals surface area contributed by atoms with Gasteiger partial charge in [-0.15, -0.1) is 0 Å². The zero-order chi connectivity index (χ0) is 22.5. The number of nitrogens with one attached hydrogen (secondary N) is 1. The molecule has 0 atom stereocenters. The first-order chi connectivity index (χ1) is 15.5. The summed E-state index contributed by atoms with van der Waals surface area (Å²) in [5, 5.41) is 3.83. The van der Waals surface area contributed by atoms with Crippen molar-refractivity contribution >= 4 is 29.3 Å². The van der Waals surface area contributed by atoms with Crippen LogP contribution in [0.2, 0.25) is 5.02 Å². The summed E-state index contributed by atoms with van der Waals surface area (Å²) in [4.78, 5) is 42.0. The summed E-state index contributed by atoms with van der Waals surface area (Å²) in [5.74, 6) is 0.588. The van der Waals surface area contributed by atoms with Gasteiger partial charge in [-0.3, -0.25) is 14.4 Å². The van der Waals surface area contributed by atoms with Gasteiger partial charge in [0.2, 0.25) is 11.8 Å². The maximum absolute atomic E-state index is 12.8. The molecule has 1 aliphatic carbocycles. The summed E-state index contributed by atoms with van der Waals surface area (Å²) >= 11 is 5.91. The predicted octanol–water partition coefficient (Wildman–Crippen LogP) is 3.88. The Morgan fingerprint density at radius 3 is 1.97 bits per heavy atom. The molecule has 174 valence electrons. The molecule has 1 saturated carbocycles. The van der Waals surface area contributed by atoms with E-state index < -0.39 is 0 Å². The van der Waals surface area contributed by atoms with Crippen LogP contribution in [0.1, 0.15) is 68.1 Å². The van der Waals surface area contributed by atoms with Crippen molar-refractivity contribution in [3.63, 3.8) is 0 Å². The van der Waals surface area contributed by atoms with Crippen molar-refractivity contribution in [2.45, 2.75) is 63.8 Å². The summed E-state index contributed by atoms with van der Waals surface area (Å²) in [5.41, 5.74) is 0.631. The highest BCUT2D eigenvalue weighted by molar-refractivity contribution is 6.30. The summed E-state index contributed by atoms with van der Waals surface area (Å²) < 4.78 is 0. The van der Waals surface area contributed by atoms with Gasteiger partial charge in [-0.1, -0.05) is 30.9 Å². The number of halogens is 1. The van der Waals surface area contributed by atoms with Gasteiger partial charge in [0.25, 0.3) is 5.91 Å². The molecule has 2 heterocycles. The molecule has 6 nitrogen and oxygen atoms in total. The third kappa shape index (κ3) is 5.64. The Labute approximate surface area is 195 Å². The molecule has 2 saturated heterocycles. The minimum Gasteiger partial charge on any atom is -0.353 e. The van der Waals surface area contributed by atoms with E-state index in [0.29, 0.717) is 42.4 Å². The molecule has 3 amide bonds. The number of nitrogens with zero attached hydrogens (tertiary/aromatic N) is 2. The molecule has 7 heteroatoms. The Bertz CT molecular complexity index is 806. The van der Waals surface area contributed by atoms with Crippen LogP contribution in [0.5, 0.6) is 0 Å². The number of piperidine rings is 2. The fourth-order valence-corrected chi connectivity index (χ4v) is 5.42. The van der Waals surface area contributed by atoms with E-state index in [-0.39, 0.29) is 29.7 Å². The Morgan fingerprint density at radius 2 is 1.34 bits per heavy atom. The second-order valence-electron chi connectivity index (χ2n) is 9.52. The normalized spacial score (nSPS) is 21.4. The molecule has 0 spiro atoms. The zero-order valence-corrected chi connectivity index (χ0v) is 19.5. The summed E-state index contributed by atoms with van der Waals surface area (Å²) in [7, 11) is 0. The van der Waals surface area contributed by atoms with E-state index in [0.717, 1.165) is 38.8 Å². The van der Waals surface area contributed by atoms with Gasteiger partial charge < -0.3 is 15.1 Å². The first-order valence-corrected chi connectivity index (χ1v) is 12.5. The smallest absolute Gasteiger partial charge is 0.253 e. The van der Waals surface area contributed by atoms with Crippen molar-refractivity contribution in [1.82, 2.24) is 15.1 Å². The second kappa shape index (κ2) is 10.7. The molecule has 1 aromatic carbocycles. The van der Waals surface area contributed by atoms with E-state index in [1.807, 2.05) is 9.80 Å². The Hall–Kier alpha value is -2.08. The van der Waals surface area contributed by atoms with E-state index in [2.05, 4.69) is 5.32 Å². The molecule has 3 aliphatic rings. The molecular weight excluding hydrogens is 426 g/mol. The number of amides is 3. The monoisotopic (exact) mass is 459 g/mol. The lowest BCUT2D eigenvalue weighted by molar-refractivity contribution is -0.137. The number of carbonyl (C=O) groups is 3. The molecule has 3 fully saturated rings. The van der Waals surface area contributed by atoms with Crippen LogP contribution in [0.15, 0.2) is 24.3 Å². The molecular formula is C25H34ClN3O3. The zero-order valence-electron chi connectivity index (χ0n) is 18.7.